The Morgan fingerprint density at radius 1 is 1.38 bits per heavy atom. The highest BCUT2D eigenvalue weighted by atomic mass is 19.1. The number of carbonyl (C=O) groups is 1. The summed E-state index contributed by atoms with van der Waals surface area (Å²) >= 11 is 0. The third-order valence-corrected chi connectivity index (χ3v) is 2.99. The van der Waals surface area contributed by atoms with Gasteiger partial charge in [0.2, 0.25) is 5.91 Å². The third-order valence-electron chi connectivity index (χ3n) is 2.99. The van der Waals surface area contributed by atoms with Crippen LogP contribution in [-0.4, -0.2) is 17.6 Å². The maximum absolute atomic E-state index is 12.8. The van der Waals surface area contributed by atoms with E-state index < -0.39 is 6.10 Å². The number of aliphatic hydroxyl groups excluding tert-OH is 1. The summed E-state index contributed by atoms with van der Waals surface area (Å²) in [5.74, 6) is -0.255. The van der Waals surface area contributed by atoms with Gasteiger partial charge in [0.25, 0.3) is 0 Å². The summed E-state index contributed by atoms with van der Waals surface area (Å²) in [7, 11) is 0. The zero-order chi connectivity index (χ0) is 15.2. The van der Waals surface area contributed by atoms with Gasteiger partial charge in [0, 0.05) is 6.08 Å². The first kappa shape index (κ1) is 15.0. The molecule has 4 nitrogen and oxygen atoms in total. The van der Waals surface area contributed by atoms with Gasteiger partial charge in [-0.1, -0.05) is 12.1 Å². The first-order valence-corrected chi connectivity index (χ1v) is 6.50. The van der Waals surface area contributed by atoms with Crippen LogP contribution in [0.2, 0.25) is 0 Å². The molecule has 0 saturated carbocycles. The Morgan fingerprint density at radius 3 is 2.71 bits per heavy atom. The Balaban J connectivity index is 1.91. The molecule has 1 aromatic heterocycles. The van der Waals surface area contributed by atoms with E-state index >= 15 is 0 Å². The molecule has 1 aromatic carbocycles. The molecule has 2 aromatic rings. The van der Waals surface area contributed by atoms with Crippen LogP contribution in [0.1, 0.15) is 24.4 Å². The van der Waals surface area contributed by atoms with Crippen LogP contribution in [0.25, 0.3) is 5.57 Å². The lowest BCUT2D eigenvalue weighted by Crippen LogP contribution is -2.26. The quantitative estimate of drug-likeness (QED) is 0.832. The highest BCUT2D eigenvalue weighted by molar-refractivity contribution is 5.94. The second kappa shape index (κ2) is 6.85. The minimum atomic E-state index is -0.886. The van der Waals surface area contributed by atoms with E-state index in [-0.39, 0.29) is 18.3 Å². The molecule has 110 valence electrons. The molecule has 1 atom stereocenters. The molecule has 0 saturated heterocycles. The van der Waals surface area contributed by atoms with Crippen LogP contribution in [0.4, 0.5) is 4.39 Å². The zero-order valence-electron chi connectivity index (χ0n) is 11.5. The van der Waals surface area contributed by atoms with Crippen LogP contribution in [0.5, 0.6) is 0 Å². The van der Waals surface area contributed by atoms with Crippen LogP contribution >= 0.6 is 0 Å². The number of benzene rings is 1. The van der Waals surface area contributed by atoms with E-state index in [2.05, 4.69) is 5.32 Å². The molecule has 0 aliphatic heterocycles. The van der Waals surface area contributed by atoms with Crippen molar-refractivity contribution in [2.45, 2.75) is 13.0 Å². The molecule has 0 radical (unpaired) electrons. The average Bonchev–Trinajstić information content (AvgIpc) is 2.99. The van der Waals surface area contributed by atoms with Gasteiger partial charge in [0.05, 0.1) is 12.8 Å². The second-order valence-electron chi connectivity index (χ2n) is 4.61. The van der Waals surface area contributed by atoms with Crippen molar-refractivity contribution in [1.82, 2.24) is 5.32 Å². The molecule has 5 heteroatoms. The number of aliphatic hydroxyl groups is 1. The van der Waals surface area contributed by atoms with Gasteiger partial charge in [-0.05, 0) is 42.3 Å². The summed E-state index contributed by atoms with van der Waals surface area (Å²) in [6.45, 7) is 1.81. The Hall–Kier alpha value is -2.40. The number of halogens is 1. The Bertz CT molecular complexity index is 617. The molecule has 21 heavy (non-hydrogen) atoms. The summed E-state index contributed by atoms with van der Waals surface area (Å²) < 4.78 is 17.9. The predicted molar refractivity (Wildman–Crippen MR) is 76.7 cm³/mol. The summed E-state index contributed by atoms with van der Waals surface area (Å²) in [6.07, 6.45) is 1.98. The molecule has 2 N–H and O–H groups in total. The van der Waals surface area contributed by atoms with Gasteiger partial charge in [0.1, 0.15) is 17.7 Å². The number of hydrogen-bond donors (Lipinski definition) is 2. The highest BCUT2D eigenvalue weighted by Gasteiger charge is 2.11. The van der Waals surface area contributed by atoms with Crippen LogP contribution < -0.4 is 5.32 Å². The lowest BCUT2D eigenvalue weighted by molar-refractivity contribution is -0.116. The number of nitrogens with one attached hydrogen (secondary N) is 1. The molecule has 1 amide bonds. The molecule has 1 heterocycles. The topological polar surface area (TPSA) is 62.5 Å². The molecule has 0 fully saturated rings. The van der Waals surface area contributed by atoms with Gasteiger partial charge in [-0.15, -0.1) is 0 Å². The highest BCUT2D eigenvalue weighted by Crippen LogP contribution is 2.14. The van der Waals surface area contributed by atoms with E-state index in [0.29, 0.717) is 11.3 Å². The molecule has 0 aliphatic carbocycles. The smallest absolute Gasteiger partial charge is 0.244 e. The minimum Gasteiger partial charge on any atom is -0.467 e. The molecule has 1 unspecified atom stereocenters. The summed E-state index contributed by atoms with van der Waals surface area (Å²) in [5.41, 5.74) is 1.47. The number of rotatable bonds is 5. The largest absolute Gasteiger partial charge is 0.467 e. The standard InChI is InChI=1S/C16H16FNO3/c1-11(12-4-6-13(17)7-5-12)9-16(20)18-10-14(19)15-3-2-8-21-15/h2-9,14,19H,10H2,1H3,(H,18,20)/b11-9-. The van der Waals surface area contributed by atoms with Gasteiger partial charge in [-0.25, -0.2) is 4.39 Å². The van der Waals surface area contributed by atoms with Crippen molar-refractivity contribution in [3.05, 3.63) is 65.9 Å². The van der Waals surface area contributed by atoms with Crippen LogP contribution in [0.3, 0.4) is 0 Å². The van der Waals surface area contributed by atoms with Gasteiger partial charge in [-0.3, -0.25) is 4.79 Å². The van der Waals surface area contributed by atoms with E-state index in [0.717, 1.165) is 5.56 Å². The number of hydrogen-bond acceptors (Lipinski definition) is 3. The van der Waals surface area contributed by atoms with E-state index in [1.807, 2.05) is 0 Å². The lowest BCUT2D eigenvalue weighted by Gasteiger charge is -2.08. The summed E-state index contributed by atoms with van der Waals surface area (Å²) in [4.78, 5) is 11.8. The van der Waals surface area contributed by atoms with Crippen molar-refractivity contribution >= 4 is 11.5 Å². The van der Waals surface area contributed by atoms with Crippen LogP contribution in [0.15, 0.2) is 53.2 Å². The molecule has 0 bridgehead atoms. The number of allylic oxidation sites excluding steroid dienone is 1. The van der Waals surface area contributed by atoms with E-state index in [1.54, 1.807) is 31.2 Å². The summed E-state index contributed by atoms with van der Waals surface area (Å²) in [6, 6.07) is 9.18. The van der Waals surface area contributed by atoms with Gasteiger partial charge < -0.3 is 14.8 Å². The van der Waals surface area contributed by atoms with E-state index in [9.17, 15) is 14.3 Å². The Morgan fingerprint density at radius 2 is 2.10 bits per heavy atom. The minimum absolute atomic E-state index is 0.0551. The Kier molecular flexibility index (Phi) is 4.90. The molecule has 2 rings (SSSR count). The predicted octanol–water partition coefficient (Wildman–Crippen LogP) is 2.67. The van der Waals surface area contributed by atoms with Crippen LogP contribution in [0, 0.1) is 5.82 Å². The van der Waals surface area contributed by atoms with E-state index in [1.165, 1.54) is 24.5 Å². The monoisotopic (exact) mass is 289 g/mol. The molecular formula is C16H16FNO3. The van der Waals surface area contributed by atoms with Gasteiger partial charge in [0.15, 0.2) is 0 Å². The lowest BCUT2D eigenvalue weighted by atomic mass is 10.1. The van der Waals surface area contributed by atoms with Crippen molar-refractivity contribution < 1.29 is 18.7 Å². The third kappa shape index (κ3) is 4.29. The van der Waals surface area contributed by atoms with E-state index in [4.69, 9.17) is 4.42 Å². The maximum Gasteiger partial charge on any atom is 0.244 e. The number of furan rings is 1. The fourth-order valence-electron chi connectivity index (χ4n) is 1.82. The average molecular weight is 289 g/mol. The van der Waals surface area contributed by atoms with Crippen molar-refractivity contribution in [3.8, 4) is 0 Å². The van der Waals surface area contributed by atoms with Crippen molar-refractivity contribution in [2.75, 3.05) is 6.54 Å². The zero-order valence-corrected chi connectivity index (χ0v) is 11.5. The molecule has 0 aliphatic rings. The van der Waals surface area contributed by atoms with Crippen molar-refractivity contribution in [2.24, 2.45) is 0 Å². The SMILES string of the molecule is C/C(=C/C(=O)NCC(O)c1ccco1)c1ccc(F)cc1. The fourth-order valence-corrected chi connectivity index (χ4v) is 1.82. The first-order valence-electron chi connectivity index (χ1n) is 6.50. The van der Waals surface area contributed by atoms with Crippen molar-refractivity contribution in [3.63, 3.8) is 0 Å². The fraction of sp³-hybridized carbons (Fsp3) is 0.188. The van der Waals surface area contributed by atoms with Crippen LogP contribution in [-0.2, 0) is 4.79 Å². The maximum atomic E-state index is 12.8. The number of carbonyl (C=O) groups excluding carboxylic acids is 1. The number of amides is 1. The molecular weight excluding hydrogens is 273 g/mol. The van der Waals surface area contributed by atoms with Gasteiger partial charge in [-0.2, -0.15) is 0 Å². The second-order valence-corrected chi connectivity index (χ2v) is 4.61. The first-order chi connectivity index (χ1) is 10.1. The summed E-state index contributed by atoms with van der Waals surface area (Å²) in [5, 5.41) is 12.4. The van der Waals surface area contributed by atoms with Gasteiger partial charge >= 0.3 is 0 Å². The Labute approximate surface area is 121 Å². The normalized spacial score (nSPS) is 13.0. The molecule has 0 spiro atoms. The van der Waals surface area contributed by atoms with Crippen molar-refractivity contribution in [1.29, 1.82) is 0 Å².